The number of carbonyl (C=O) groups is 1. The summed E-state index contributed by atoms with van der Waals surface area (Å²) in [6.07, 6.45) is 1.58. The Balaban J connectivity index is 1.43. The zero-order valence-electron chi connectivity index (χ0n) is 17.1. The number of amides is 1. The molecule has 1 heterocycles. The molecule has 2 aromatic carbocycles. The van der Waals surface area contributed by atoms with Gasteiger partial charge in [0.15, 0.2) is 6.54 Å². The monoisotopic (exact) mass is 398 g/mol. The fourth-order valence-corrected chi connectivity index (χ4v) is 3.58. The minimum atomic E-state index is -0.0791. The molecule has 1 aliphatic heterocycles. The molecule has 0 aromatic heterocycles. The summed E-state index contributed by atoms with van der Waals surface area (Å²) in [4.78, 5) is 15.1. The van der Waals surface area contributed by atoms with Crippen LogP contribution in [0.5, 0.6) is 11.5 Å². The van der Waals surface area contributed by atoms with Crippen LogP contribution in [0.1, 0.15) is 11.1 Å². The molecule has 0 unspecified atom stereocenters. The number of nitrogens with one attached hydrogen (secondary N) is 3. The number of hydrogen-bond donors (Lipinski definition) is 3. The summed E-state index contributed by atoms with van der Waals surface area (Å²) < 4.78 is 10.5. The van der Waals surface area contributed by atoms with E-state index >= 15 is 0 Å². The maximum atomic E-state index is 12.2. The van der Waals surface area contributed by atoms with Crippen molar-refractivity contribution in [2.75, 3.05) is 46.9 Å². The van der Waals surface area contributed by atoms with Crippen molar-refractivity contribution in [2.24, 2.45) is 5.10 Å². The first-order valence-corrected chi connectivity index (χ1v) is 9.93. The average molecular weight is 399 g/mol. The van der Waals surface area contributed by atoms with Crippen molar-refractivity contribution < 1.29 is 24.1 Å². The summed E-state index contributed by atoms with van der Waals surface area (Å²) in [7, 11) is 3.20. The van der Waals surface area contributed by atoms with E-state index in [1.807, 2.05) is 24.3 Å². The first-order valence-electron chi connectivity index (χ1n) is 9.93. The maximum absolute atomic E-state index is 12.2. The fourth-order valence-electron chi connectivity index (χ4n) is 3.58. The van der Waals surface area contributed by atoms with Gasteiger partial charge in [0, 0.05) is 11.1 Å². The van der Waals surface area contributed by atoms with Gasteiger partial charge in [-0.25, -0.2) is 5.43 Å². The van der Waals surface area contributed by atoms with Gasteiger partial charge in [-0.2, -0.15) is 5.10 Å². The summed E-state index contributed by atoms with van der Waals surface area (Å²) in [6.45, 7) is 5.60. The van der Waals surface area contributed by atoms with E-state index in [-0.39, 0.29) is 5.91 Å². The second-order valence-electron chi connectivity index (χ2n) is 7.24. The molecule has 0 spiro atoms. The fraction of sp³-hybridized carbons (Fsp3) is 0.364. The highest BCUT2D eigenvalue weighted by atomic mass is 16.5. The molecule has 7 heteroatoms. The lowest BCUT2D eigenvalue weighted by molar-refractivity contribution is -1.02. The molecule has 0 bridgehead atoms. The van der Waals surface area contributed by atoms with Crippen LogP contribution >= 0.6 is 0 Å². The van der Waals surface area contributed by atoms with E-state index in [0.717, 1.165) is 38.3 Å². The second kappa shape index (κ2) is 10.6. The Kier molecular flexibility index (Phi) is 7.61. The molecule has 3 rings (SSSR count). The molecular formula is C22H30N4O3+2. The highest BCUT2D eigenvalue weighted by Gasteiger charge is 2.24. The number of hydrazone groups is 1. The Morgan fingerprint density at radius 1 is 1.03 bits per heavy atom. The first-order chi connectivity index (χ1) is 14.2. The standard InChI is InChI=1S/C22H28N4O3/c1-28-20-8-9-21(29-2)19(14-20)15-23-24-22(27)17-26-12-10-25(11-13-26)16-18-6-4-3-5-7-18/h3-9,14-15H,10-13,16-17H2,1-2H3,(H,24,27)/p+2/b23-15-. The molecule has 1 aliphatic rings. The van der Waals surface area contributed by atoms with Gasteiger partial charge in [0.25, 0.3) is 5.91 Å². The van der Waals surface area contributed by atoms with Crippen molar-refractivity contribution in [3.05, 3.63) is 59.7 Å². The molecule has 2 aromatic rings. The summed E-state index contributed by atoms with van der Waals surface area (Å²) in [5.74, 6) is 1.30. The number of quaternary nitrogens is 2. The minimum absolute atomic E-state index is 0.0791. The Morgan fingerprint density at radius 2 is 1.76 bits per heavy atom. The van der Waals surface area contributed by atoms with Crippen LogP contribution in [0.4, 0.5) is 0 Å². The van der Waals surface area contributed by atoms with Crippen molar-refractivity contribution in [3.63, 3.8) is 0 Å². The minimum Gasteiger partial charge on any atom is -0.497 e. The number of hydrogen-bond acceptors (Lipinski definition) is 4. The molecule has 0 saturated carbocycles. The van der Waals surface area contributed by atoms with Gasteiger partial charge in [-0.15, -0.1) is 0 Å². The molecule has 154 valence electrons. The zero-order valence-corrected chi connectivity index (χ0v) is 17.1. The molecule has 1 fully saturated rings. The molecule has 7 nitrogen and oxygen atoms in total. The Labute approximate surface area is 171 Å². The molecule has 0 atom stereocenters. The largest absolute Gasteiger partial charge is 0.497 e. The van der Waals surface area contributed by atoms with E-state index in [4.69, 9.17) is 9.47 Å². The van der Waals surface area contributed by atoms with Gasteiger partial charge in [-0.05, 0) is 18.2 Å². The van der Waals surface area contributed by atoms with Crippen LogP contribution in [0.15, 0.2) is 53.6 Å². The van der Waals surface area contributed by atoms with Crippen LogP contribution in [0.25, 0.3) is 0 Å². The zero-order chi connectivity index (χ0) is 20.5. The second-order valence-corrected chi connectivity index (χ2v) is 7.24. The predicted octanol–water partition coefficient (Wildman–Crippen LogP) is -0.862. The summed E-state index contributed by atoms with van der Waals surface area (Å²) >= 11 is 0. The summed E-state index contributed by atoms with van der Waals surface area (Å²) in [5, 5.41) is 4.08. The molecule has 1 saturated heterocycles. The number of piperazine rings is 1. The normalized spacial score (nSPS) is 19.1. The molecule has 29 heavy (non-hydrogen) atoms. The van der Waals surface area contributed by atoms with Crippen molar-refractivity contribution >= 4 is 12.1 Å². The number of rotatable bonds is 8. The third kappa shape index (κ3) is 6.30. The van der Waals surface area contributed by atoms with Gasteiger partial charge in [0.05, 0.1) is 20.4 Å². The third-order valence-electron chi connectivity index (χ3n) is 5.20. The van der Waals surface area contributed by atoms with Crippen LogP contribution in [0.2, 0.25) is 0 Å². The first kappa shape index (κ1) is 20.8. The van der Waals surface area contributed by atoms with Gasteiger partial charge < -0.3 is 19.3 Å². The van der Waals surface area contributed by atoms with Gasteiger partial charge in [-0.3, -0.25) is 4.79 Å². The van der Waals surface area contributed by atoms with Crippen LogP contribution in [0.3, 0.4) is 0 Å². The Hall–Kier alpha value is -2.90. The molecule has 0 radical (unpaired) electrons. The van der Waals surface area contributed by atoms with Crippen LogP contribution < -0.4 is 24.7 Å². The summed E-state index contributed by atoms with van der Waals surface area (Å²) in [5.41, 5.74) is 4.74. The van der Waals surface area contributed by atoms with Crippen molar-refractivity contribution in [2.45, 2.75) is 6.54 Å². The van der Waals surface area contributed by atoms with E-state index < -0.39 is 0 Å². The predicted molar refractivity (Wildman–Crippen MR) is 112 cm³/mol. The van der Waals surface area contributed by atoms with E-state index in [2.05, 4.69) is 34.8 Å². The number of benzene rings is 2. The molecular weight excluding hydrogens is 368 g/mol. The maximum Gasteiger partial charge on any atom is 0.295 e. The highest BCUT2D eigenvalue weighted by Crippen LogP contribution is 2.22. The molecule has 0 aliphatic carbocycles. The van der Waals surface area contributed by atoms with E-state index in [9.17, 15) is 4.79 Å². The van der Waals surface area contributed by atoms with E-state index in [0.29, 0.717) is 18.0 Å². The van der Waals surface area contributed by atoms with E-state index in [1.54, 1.807) is 25.3 Å². The lowest BCUT2D eigenvalue weighted by Gasteiger charge is -2.29. The van der Waals surface area contributed by atoms with Crippen LogP contribution in [-0.2, 0) is 11.3 Å². The quantitative estimate of drug-likeness (QED) is 0.400. The Bertz CT molecular complexity index is 818. The van der Waals surface area contributed by atoms with Gasteiger partial charge in [0.1, 0.15) is 44.2 Å². The lowest BCUT2D eigenvalue weighted by atomic mass is 10.2. The van der Waals surface area contributed by atoms with Crippen LogP contribution in [-0.4, -0.2) is 59.1 Å². The number of ether oxygens (including phenoxy) is 2. The van der Waals surface area contributed by atoms with Gasteiger partial charge in [0.2, 0.25) is 0 Å². The molecule has 3 N–H and O–H groups in total. The topological polar surface area (TPSA) is 68.8 Å². The third-order valence-corrected chi connectivity index (χ3v) is 5.20. The van der Waals surface area contributed by atoms with E-state index in [1.165, 1.54) is 10.5 Å². The lowest BCUT2D eigenvalue weighted by Crippen LogP contribution is -3.28. The highest BCUT2D eigenvalue weighted by molar-refractivity contribution is 5.86. The SMILES string of the molecule is COc1ccc(OC)c(/C=N\NC(=O)C[NH+]2CC[NH+](Cc3ccccc3)CC2)c1. The van der Waals surface area contributed by atoms with Gasteiger partial charge >= 0.3 is 0 Å². The number of nitrogens with zero attached hydrogens (tertiary/aromatic N) is 1. The molecule has 1 amide bonds. The Morgan fingerprint density at radius 3 is 2.45 bits per heavy atom. The van der Waals surface area contributed by atoms with Crippen LogP contribution in [0, 0.1) is 0 Å². The van der Waals surface area contributed by atoms with Crippen molar-refractivity contribution in [1.82, 2.24) is 5.43 Å². The number of carbonyl (C=O) groups excluding carboxylic acids is 1. The average Bonchev–Trinajstić information content (AvgIpc) is 2.75. The van der Waals surface area contributed by atoms with Crippen molar-refractivity contribution in [1.29, 1.82) is 0 Å². The smallest absolute Gasteiger partial charge is 0.295 e. The number of methoxy groups -OCH3 is 2. The van der Waals surface area contributed by atoms with Gasteiger partial charge in [-0.1, -0.05) is 30.3 Å². The summed E-state index contributed by atoms with van der Waals surface area (Å²) in [6, 6.07) is 16.0. The van der Waals surface area contributed by atoms with Crippen molar-refractivity contribution in [3.8, 4) is 11.5 Å².